The highest BCUT2D eigenvalue weighted by Gasteiger charge is 2.22. The number of rotatable bonds is 4. The molecule has 0 aromatic carbocycles. The van der Waals surface area contributed by atoms with Gasteiger partial charge in [0.1, 0.15) is 15.4 Å². The number of nitrogens with one attached hydrogen (secondary N) is 1. The van der Waals surface area contributed by atoms with E-state index in [2.05, 4.69) is 10.3 Å². The molecular weight excluding hydrogens is 208 g/mol. The van der Waals surface area contributed by atoms with Crippen LogP contribution in [0.5, 0.6) is 0 Å². The van der Waals surface area contributed by atoms with Crippen LogP contribution in [0.3, 0.4) is 0 Å². The normalized spacial score (nSPS) is 18.9. The van der Waals surface area contributed by atoms with Crippen molar-refractivity contribution in [3.63, 3.8) is 0 Å². The average molecular weight is 219 g/mol. The summed E-state index contributed by atoms with van der Waals surface area (Å²) in [5.41, 5.74) is 0. The van der Waals surface area contributed by atoms with Crippen LogP contribution < -0.4 is 5.32 Å². The fourth-order valence-electron chi connectivity index (χ4n) is 1.07. The molecule has 1 aromatic heterocycles. The van der Waals surface area contributed by atoms with Crippen LogP contribution in [0, 0.1) is 0 Å². The van der Waals surface area contributed by atoms with Crippen molar-refractivity contribution in [1.29, 1.82) is 0 Å². The number of hydrogen-bond donors (Lipinski definition) is 2. The van der Waals surface area contributed by atoms with E-state index in [1.807, 2.05) is 0 Å². The maximum Gasteiger partial charge on any atom is 0.124 e. The van der Waals surface area contributed by atoms with Gasteiger partial charge in [0.05, 0.1) is 6.20 Å². The van der Waals surface area contributed by atoms with Crippen molar-refractivity contribution in [2.45, 2.75) is 25.0 Å². The molecule has 1 aliphatic carbocycles. The van der Waals surface area contributed by atoms with Crippen LogP contribution in [0.4, 0.5) is 0 Å². The van der Waals surface area contributed by atoms with E-state index in [1.54, 1.807) is 6.20 Å². The molecule has 1 fully saturated rings. The summed E-state index contributed by atoms with van der Waals surface area (Å²) >= 11 is 7.04. The van der Waals surface area contributed by atoms with Crippen LogP contribution in [0.1, 0.15) is 24.0 Å². The van der Waals surface area contributed by atoms with Crippen molar-refractivity contribution >= 4 is 22.9 Å². The lowest BCUT2D eigenvalue weighted by Gasteiger charge is -2.07. The number of nitrogens with zero attached hydrogens (tertiary/aromatic N) is 1. The van der Waals surface area contributed by atoms with E-state index in [1.165, 1.54) is 24.2 Å². The van der Waals surface area contributed by atoms with Crippen molar-refractivity contribution in [3.05, 3.63) is 15.5 Å². The molecule has 1 unspecified atom stereocenters. The molecule has 3 nitrogen and oxygen atoms in total. The molecule has 0 amide bonds. The number of aliphatic hydroxyl groups excluding tert-OH is 1. The molecule has 2 N–H and O–H groups in total. The van der Waals surface area contributed by atoms with E-state index in [0.717, 1.165) is 0 Å². The molecule has 0 bridgehead atoms. The van der Waals surface area contributed by atoms with Gasteiger partial charge in [-0.2, -0.15) is 0 Å². The predicted octanol–water partition coefficient (Wildman–Crippen LogP) is 1.58. The quantitative estimate of drug-likeness (QED) is 0.807. The number of hydrogen-bond acceptors (Lipinski definition) is 4. The zero-order valence-electron chi connectivity index (χ0n) is 7.03. The van der Waals surface area contributed by atoms with Gasteiger partial charge in [-0.15, -0.1) is 11.3 Å². The molecule has 72 valence electrons. The Bertz CT molecular complexity index is 287. The molecule has 2 rings (SSSR count). The molecule has 5 heteroatoms. The number of halogens is 1. The standard InChI is InChI=1S/C8H11ClN2OS/c9-7-4-11-8(13-7)6(12)3-10-5-1-2-5/h4-6,10,12H,1-3H2. The first-order valence-electron chi connectivity index (χ1n) is 4.28. The zero-order chi connectivity index (χ0) is 9.26. The van der Waals surface area contributed by atoms with Crippen LogP contribution in [0.2, 0.25) is 4.34 Å². The van der Waals surface area contributed by atoms with Crippen molar-refractivity contribution in [3.8, 4) is 0 Å². The molecule has 0 aliphatic heterocycles. The minimum Gasteiger partial charge on any atom is -0.385 e. The lowest BCUT2D eigenvalue weighted by atomic mass is 10.3. The second-order valence-electron chi connectivity index (χ2n) is 3.20. The molecule has 0 spiro atoms. The fraction of sp³-hybridized carbons (Fsp3) is 0.625. The van der Waals surface area contributed by atoms with Gasteiger partial charge in [-0.05, 0) is 12.8 Å². The molecule has 0 radical (unpaired) electrons. The van der Waals surface area contributed by atoms with Gasteiger partial charge in [-0.25, -0.2) is 4.98 Å². The number of thiazole rings is 1. The van der Waals surface area contributed by atoms with Gasteiger partial charge in [0, 0.05) is 12.6 Å². The Labute approximate surface area is 85.8 Å². The monoisotopic (exact) mass is 218 g/mol. The summed E-state index contributed by atoms with van der Waals surface area (Å²) in [6.07, 6.45) is 3.51. The Morgan fingerprint density at radius 3 is 3.08 bits per heavy atom. The zero-order valence-corrected chi connectivity index (χ0v) is 8.61. The van der Waals surface area contributed by atoms with Crippen LogP contribution >= 0.6 is 22.9 Å². The maximum absolute atomic E-state index is 9.64. The molecule has 1 atom stereocenters. The Morgan fingerprint density at radius 1 is 1.77 bits per heavy atom. The molecule has 1 heterocycles. The number of aliphatic hydroxyl groups is 1. The lowest BCUT2D eigenvalue weighted by Crippen LogP contribution is -2.23. The van der Waals surface area contributed by atoms with E-state index in [4.69, 9.17) is 11.6 Å². The predicted molar refractivity (Wildman–Crippen MR) is 53.1 cm³/mol. The average Bonchev–Trinajstić information content (AvgIpc) is 2.84. The molecule has 13 heavy (non-hydrogen) atoms. The van der Waals surface area contributed by atoms with Crippen molar-refractivity contribution < 1.29 is 5.11 Å². The van der Waals surface area contributed by atoms with E-state index in [9.17, 15) is 5.11 Å². The smallest absolute Gasteiger partial charge is 0.124 e. The van der Waals surface area contributed by atoms with Crippen LogP contribution in [-0.4, -0.2) is 22.7 Å². The van der Waals surface area contributed by atoms with E-state index < -0.39 is 6.10 Å². The second kappa shape index (κ2) is 3.92. The van der Waals surface area contributed by atoms with Crippen molar-refractivity contribution in [2.24, 2.45) is 0 Å². The number of aromatic nitrogens is 1. The summed E-state index contributed by atoms with van der Waals surface area (Å²) in [7, 11) is 0. The molecular formula is C8H11ClN2OS. The molecule has 1 aliphatic rings. The van der Waals surface area contributed by atoms with Crippen LogP contribution in [-0.2, 0) is 0 Å². The Morgan fingerprint density at radius 2 is 2.54 bits per heavy atom. The van der Waals surface area contributed by atoms with E-state index in [0.29, 0.717) is 21.9 Å². The van der Waals surface area contributed by atoms with Gasteiger partial charge in [0.25, 0.3) is 0 Å². The Hall–Kier alpha value is -0.160. The second-order valence-corrected chi connectivity index (χ2v) is 4.89. The first-order valence-corrected chi connectivity index (χ1v) is 5.48. The summed E-state index contributed by atoms with van der Waals surface area (Å²) < 4.78 is 0.625. The summed E-state index contributed by atoms with van der Waals surface area (Å²) in [6.45, 7) is 0.578. The first-order chi connectivity index (χ1) is 6.25. The third kappa shape index (κ3) is 2.64. The lowest BCUT2D eigenvalue weighted by molar-refractivity contribution is 0.174. The fourth-order valence-corrected chi connectivity index (χ4v) is 1.99. The summed E-state index contributed by atoms with van der Waals surface area (Å²) in [6, 6.07) is 0.616. The van der Waals surface area contributed by atoms with Gasteiger partial charge in [0.15, 0.2) is 0 Å². The van der Waals surface area contributed by atoms with Crippen molar-refractivity contribution in [2.75, 3.05) is 6.54 Å². The summed E-state index contributed by atoms with van der Waals surface area (Å²) in [4.78, 5) is 4.01. The summed E-state index contributed by atoms with van der Waals surface area (Å²) in [5.74, 6) is 0. The highest BCUT2D eigenvalue weighted by atomic mass is 35.5. The van der Waals surface area contributed by atoms with Crippen LogP contribution in [0.25, 0.3) is 0 Å². The maximum atomic E-state index is 9.64. The van der Waals surface area contributed by atoms with Gasteiger partial charge in [-0.3, -0.25) is 0 Å². The highest BCUT2D eigenvalue weighted by molar-refractivity contribution is 7.15. The highest BCUT2D eigenvalue weighted by Crippen LogP contribution is 2.24. The SMILES string of the molecule is OC(CNC1CC1)c1ncc(Cl)s1. The van der Waals surface area contributed by atoms with Gasteiger partial charge < -0.3 is 10.4 Å². The minimum atomic E-state index is -0.516. The van der Waals surface area contributed by atoms with Crippen molar-refractivity contribution in [1.82, 2.24) is 10.3 Å². The third-order valence-corrected chi connectivity index (χ3v) is 3.17. The molecule has 1 aromatic rings. The topological polar surface area (TPSA) is 45.1 Å². The van der Waals surface area contributed by atoms with Crippen LogP contribution in [0.15, 0.2) is 6.20 Å². The van der Waals surface area contributed by atoms with Gasteiger partial charge in [-0.1, -0.05) is 11.6 Å². The Kier molecular flexibility index (Phi) is 2.83. The van der Waals surface area contributed by atoms with Gasteiger partial charge in [0.2, 0.25) is 0 Å². The summed E-state index contributed by atoms with van der Waals surface area (Å²) in [5, 5.41) is 13.6. The third-order valence-electron chi connectivity index (χ3n) is 1.96. The minimum absolute atomic E-state index is 0.516. The van der Waals surface area contributed by atoms with E-state index in [-0.39, 0.29) is 0 Å². The molecule has 0 saturated heterocycles. The Balaban J connectivity index is 1.84. The van der Waals surface area contributed by atoms with Gasteiger partial charge >= 0.3 is 0 Å². The van der Waals surface area contributed by atoms with E-state index >= 15 is 0 Å². The largest absolute Gasteiger partial charge is 0.385 e. The molecule has 1 saturated carbocycles. The first kappa shape index (κ1) is 9.40.